The molecular formula is C14H16FNO2S. The molecule has 2 unspecified atom stereocenters. The van der Waals surface area contributed by atoms with Gasteiger partial charge in [-0.25, -0.2) is 4.39 Å². The molecule has 2 fully saturated rings. The average Bonchev–Trinajstić information content (AvgIpc) is 2.67. The van der Waals surface area contributed by atoms with E-state index in [1.165, 1.54) is 23.9 Å². The number of fused-ring (bicyclic) bond motifs is 2. The molecule has 102 valence electrons. The van der Waals surface area contributed by atoms with Crippen molar-refractivity contribution in [2.45, 2.75) is 29.8 Å². The third-order valence-corrected chi connectivity index (χ3v) is 4.70. The molecule has 2 saturated heterocycles. The first kappa shape index (κ1) is 12.9. The second-order valence-corrected chi connectivity index (χ2v) is 6.01. The Bertz CT molecular complexity index is 449. The van der Waals surface area contributed by atoms with Crippen LogP contribution in [0.15, 0.2) is 29.2 Å². The predicted molar refractivity (Wildman–Crippen MR) is 71.6 cm³/mol. The molecule has 0 N–H and O–H groups in total. The highest BCUT2D eigenvalue weighted by Crippen LogP contribution is 2.30. The maximum absolute atomic E-state index is 12.8. The quantitative estimate of drug-likeness (QED) is 0.796. The summed E-state index contributed by atoms with van der Waals surface area (Å²) in [4.78, 5) is 15.2. The Morgan fingerprint density at radius 2 is 1.89 bits per heavy atom. The van der Waals surface area contributed by atoms with Crippen LogP contribution in [0.1, 0.15) is 12.8 Å². The van der Waals surface area contributed by atoms with E-state index in [0.29, 0.717) is 19.0 Å². The van der Waals surface area contributed by atoms with Gasteiger partial charge in [0.05, 0.1) is 31.1 Å². The van der Waals surface area contributed by atoms with E-state index >= 15 is 0 Å². The van der Waals surface area contributed by atoms with Crippen LogP contribution in [-0.2, 0) is 9.53 Å². The van der Waals surface area contributed by atoms with Crippen molar-refractivity contribution in [1.82, 2.24) is 4.90 Å². The molecule has 1 aromatic carbocycles. The van der Waals surface area contributed by atoms with E-state index in [-0.39, 0.29) is 23.8 Å². The van der Waals surface area contributed by atoms with Gasteiger partial charge in [-0.2, -0.15) is 0 Å². The Balaban J connectivity index is 1.58. The second-order valence-electron chi connectivity index (χ2n) is 4.97. The van der Waals surface area contributed by atoms with Gasteiger partial charge in [0.25, 0.3) is 0 Å². The van der Waals surface area contributed by atoms with Gasteiger partial charge in [0.1, 0.15) is 5.82 Å². The summed E-state index contributed by atoms with van der Waals surface area (Å²) >= 11 is 1.46. The summed E-state index contributed by atoms with van der Waals surface area (Å²) in [6.45, 7) is 1.34. The zero-order valence-electron chi connectivity index (χ0n) is 10.5. The van der Waals surface area contributed by atoms with Crippen molar-refractivity contribution in [3.63, 3.8) is 0 Å². The minimum Gasteiger partial charge on any atom is -0.377 e. The Kier molecular flexibility index (Phi) is 3.75. The first-order chi connectivity index (χ1) is 9.24. The van der Waals surface area contributed by atoms with Crippen molar-refractivity contribution in [2.75, 3.05) is 19.0 Å². The first-order valence-electron chi connectivity index (χ1n) is 6.51. The van der Waals surface area contributed by atoms with Gasteiger partial charge in [-0.15, -0.1) is 11.8 Å². The van der Waals surface area contributed by atoms with E-state index in [0.717, 1.165) is 17.7 Å². The highest BCUT2D eigenvalue weighted by Gasteiger charge is 2.39. The molecule has 19 heavy (non-hydrogen) atoms. The molecule has 1 aromatic rings. The van der Waals surface area contributed by atoms with Crippen LogP contribution in [0.2, 0.25) is 0 Å². The van der Waals surface area contributed by atoms with Crippen molar-refractivity contribution in [2.24, 2.45) is 0 Å². The topological polar surface area (TPSA) is 29.5 Å². The van der Waals surface area contributed by atoms with Gasteiger partial charge in [-0.1, -0.05) is 0 Å². The third-order valence-electron chi connectivity index (χ3n) is 3.70. The number of nitrogens with zero attached hydrogens (tertiary/aromatic N) is 1. The number of thioether (sulfide) groups is 1. The number of rotatable bonds is 3. The molecule has 5 heteroatoms. The van der Waals surface area contributed by atoms with Gasteiger partial charge in [0.15, 0.2) is 0 Å². The highest BCUT2D eigenvalue weighted by molar-refractivity contribution is 8.00. The summed E-state index contributed by atoms with van der Waals surface area (Å²) in [6, 6.07) is 6.79. The number of carbonyl (C=O) groups excluding carboxylic acids is 1. The summed E-state index contributed by atoms with van der Waals surface area (Å²) < 4.78 is 18.3. The molecule has 2 heterocycles. The van der Waals surface area contributed by atoms with Crippen molar-refractivity contribution in [1.29, 1.82) is 0 Å². The van der Waals surface area contributed by atoms with Crippen LogP contribution in [0.5, 0.6) is 0 Å². The second kappa shape index (κ2) is 5.51. The van der Waals surface area contributed by atoms with E-state index in [2.05, 4.69) is 0 Å². The monoisotopic (exact) mass is 281 g/mol. The minimum atomic E-state index is -0.248. The number of halogens is 1. The molecule has 3 nitrogen and oxygen atoms in total. The normalized spacial score (nSPS) is 25.6. The van der Waals surface area contributed by atoms with Gasteiger partial charge < -0.3 is 9.64 Å². The number of benzene rings is 1. The number of hydrogen-bond donors (Lipinski definition) is 0. The van der Waals surface area contributed by atoms with Crippen LogP contribution in [-0.4, -0.2) is 41.9 Å². The van der Waals surface area contributed by atoms with Crippen molar-refractivity contribution in [3.05, 3.63) is 30.1 Å². The van der Waals surface area contributed by atoms with E-state index in [9.17, 15) is 9.18 Å². The van der Waals surface area contributed by atoms with Gasteiger partial charge in [0.2, 0.25) is 5.91 Å². The lowest BCUT2D eigenvalue weighted by Gasteiger charge is -2.34. The van der Waals surface area contributed by atoms with E-state index in [4.69, 9.17) is 4.74 Å². The lowest BCUT2D eigenvalue weighted by Crippen LogP contribution is -2.49. The molecule has 2 bridgehead atoms. The number of hydrogen-bond acceptors (Lipinski definition) is 3. The van der Waals surface area contributed by atoms with Gasteiger partial charge in [-0.05, 0) is 37.1 Å². The molecule has 0 aromatic heterocycles. The molecule has 3 rings (SSSR count). The zero-order valence-corrected chi connectivity index (χ0v) is 11.4. The number of ether oxygens (including phenoxy) is 1. The molecular weight excluding hydrogens is 265 g/mol. The standard InChI is InChI=1S/C14H16FNO2S/c15-10-1-5-13(6-2-10)19-9-14(17)16-11-3-4-12(16)8-18-7-11/h1-2,5-6,11-12H,3-4,7-9H2. The first-order valence-corrected chi connectivity index (χ1v) is 7.50. The summed E-state index contributed by atoms with van der Waals surface area (Å²) in [6.07, 6.45) is 2.11. The summed E-state index contributed by atoms with van der Waals surface area (Å²) in [7, 11) is 0. The van der Waals surface area contributed by atoms with Gasteiger partial charge in [0, 0.05) is 4.90 Å². The van der Waals surface area contributed by atoms with Crippen LogP contribution in [0, 0.1) is 5.82 Å². The maximum Gasteiger partial charge on any atom is 0.233 e. The van der Waals surface area contributed by atoms with Crippen molar-refractivity contribution >= 4 is 17.7 Å². The van der Waals surface area contributed by atoms with Crippen molar-refractivity contribution < 1.29 is 13.9 Å². The largest absolute Gasteiger partial charge is 0.377 e. The lowest BCUT2D eigenvalue weighted by molar-refractivity contribution is -0.138. The molecule has 2 atom stereocenters. The van der Waals surface area contributed by atoms with Crippen LogP contribution in [0.25, 0.3) is 0 Å². The fraction of sp³-hybridized carbons (Fsp3) is 0.500. The van der Waals surface area contributed by atoms with Crippen molar-refractivity contribution in [3.8, 4) is 0 Å². The Labute approximate surface area is 116 Å². The Morgan fingerprint density at radius 3 is 2.53 bits per heavy atom. The zero-order chi connectivity index (χ0) is 13.2. The van der Waals surface area contributed by atoms with Gasteiger partial charge >= 0.3 is 0 Å². The highest BCUT2D eigenvalue weighted by atomic mass is 32.2. The van der Waals surface area contributed by atoms with Crippen LogP contribution in [0.4, 0.5) is 4.39 Å². The summed E-state index contributed by atoms with van der Waals surface area (Å²) in [5.41, 5.74) is 0. The fourth-order valence-electron chi connectivity index (χ4n) is 2.79. The van der Waals surface area contributed by atoms with Crippen LogP contribution < -0.4 is 0 Å². The average molecular weight is 281 g/mol. The summed E-state index contributed by atoms with van der Waals surface area (Å²) in [5, 5.41) is 0. The Morgan fingerprint density at radius 1 is 1.26 bits per heavy atom. The minimum absolute atomic E-state index is 0.171. The molecule has 2 aliphatic rings. The Hall–Kier alpha value is -1.07. The molecule has 0 aliphatic carbocycles. The molecule has 0 spiro atoms. The number of amides is 1. The predicted octanol–water partition coefficient (Wildman–Crippen LogP) is 2.31. The molecule has 2 aliphatic heterocycles. The number of carbonyl (C=O) groups is 1. The summed E-state index contributed by atoms with van der Waals surface area (Å²) in [5.74, 6) is 0.338. The smallest absolute Gasteiger partial charge is 0.233 e. The molecule has 1 amide bonds. The number of morpholine rings is 1. The fourth-order valence-corrected chi connectivity index (χ4v) is 3.55. The van der Waals surface area contributed by atoms with E-state index in [1.54, 1.807) is 12.1 Å². The van der Waals surface area contributed by atoms with Gasteiger partial charge in [-0.3, -0.25) is 4.79 Å². The SMILES string of the molecule is O=C(CSc1ccc(F)cc1)N1C2CCC1COC2. The lowest BCUT2D eigenvalue weighted by atomic mass is 10.2. The van der Waals surface area contributed by atoms with E-state index < -0.39 is 0 Å². The third kappa shape index (κ3) is 2.77. The van der Waals surface area contributed by atoms with Crippen LogP contribution >= 0.6 is 11.8 Å². The van der Waals surface area contributed by atoms with E-state index in [1.807, 2.05) is 4.90 Å². The molecule has 0 radical (unpaired) electrons. The maximum atomic E-state index is 12.8. The molecule has 0 saturated carbocycles. The van der Waals surface area contributed by atoms with Crippen LogP contribution in [0.3, 0.4) is 0 Å².